The van der Waals surface area contributed by atoms with Crippen LogP contribution in [-0.2, 0) is 6.18 Å². The molecule has 0 aliphatic heterocycles. The van der Waals surface area contributed by atoms with E-state index in [1.807, 2.05) is 26.8 Å². The smallest absolute Gasteiger partial charge is 0.192 e. The number of rotatable bonds is 3. The molecule has 1 aromatic rings. The van der Waals surface area contributed by atoms with E-state index in [9.17, 15) is 13.2 Å². The van der Waals surface area contributed by atoms with Crippen LogP contribution < -0.4 is 0 Å². The summed E-state index contributed by atoms with van der Waals surface area (Å²) in [5.41, 5.74) is -0.692. The van der Waals surface area contributed by atoms with Gasteiger partial charge in [0.25, 0.3) is 0 Å². The number of nitriles is 1. The van der Waals surface area contributed by atoms with Crippen LogP contribution in [0.25, 0.3) is 0 Å². The van der Waals surface area contributed by atoms with Gasteiger partial charge < -0.3 is 0 Å². The van der Waals surface area contributed by atoms with Crippen molar-refractivity contribution in [1.29, 1.82) is 5.26 Å². The minimum Gasteiger partial charge on any atom is -0.192 e. The van der Waals surface area contributed by atoms with Crippen molar-refractivity contribution in [2.45, 2.75) is 37.1 Å². The average molecular weight is 273 g/mol. The quantitative estimate of drug-likeness (QED) is 0.744. The molecule has 0 bridgehead atoms. The fourth-order valence-electron chi connectivity index (χ4n) is 1.23. The first-order valence-electron chi connectivity index (χ1n) is 5.53. The summed E-state index contributed by atoms with van der Waals surface area (Å²) in [5, 5.41) is 9.17. The highest BCUT2D eigenvalue weighted by molar-refractivity contribution is 8.00. The molecule has 5 heteroatoms. The molecular weight excluding hydrogens is 259 g/mol. The summed E-state index contributed by atoms with van der Waals surface area (Å²) >= 11 is 1.43. The molecule has 18 heavy (non-hydrogen) atoms. The van der Waals surface area contributed by atoms with Gasteiger partial charge in [0.05, 0.1) is 11.1 Å². The molecule has 1 nitrogen and oxygen atoms in total. The largest absolute Gasteiger partial charge is 0.416 e. The molecule has 0 saturated heterocycles. The highest BCUT2D eigenvalue weighted by Crippen LogP contribution is 2.35. The summed E-state index contributed by atoms with van der Waals surface area (Å²) in [6.07, 6.45) is -4.40. The Morgan fingerprint density at radius 2 is 1.83 bits per heavy atom. The second-order valence-electron chi connectivity index (χ2n) is 4.39. The summed E-state index contributed by atoms with van der Waals surface area (Å²) < 4.78 is 37.5. The molecule has 0 amide bonds. The molecule has 0 aromatic heterocycles. The van der Waals surface area contributed by atoms with Crippen molar-refractivity contribution in [3.05, 3.63) is 29.3 Å². The van der Waals surface area contributed by atoms with Crippen molar-refractivity contribution in [2.24, 2.45) is 5.92 Å². The Morgan fingerprint density at radius 1 is 1.22 bits per heavy atom. The number of benzene rings is 1. The second kappa shape index (κ2) is 5.66. The van der Waals surface area contributed by atoms with Crippen molar-refractivity contribution >= 4 is 11.8 Å². The van der Waals surface area contributed by atoms with E-state index in [1.54, 1.807) is 0 Å². The molecule has 0 heterocycles. The van der Waals surface area contributed by atoms with Crippen LogP contribution in [-0.4, -0.2) is 5.25 Å². The van der Waals surface area contributed by atoms with E-state index in [-0.39, 0.29) is 10.8 Å². The van der Waals surface area contributed by atoms with Crippen molar-refractivity contribution in [3.8, 4) is 6.07 Å². The zero-order chi connectivity index (χ0) is 13.9. The normalized spacial score (nSPS) is 13.4. The number of alkyl halides is 3. The number of nitrogens with zero attached hydrogens (tertiary/aromatic N) is 1. The topological polar surface area (TPSA) is 23.8 Å². The Morgan fingerprint density at radius 3 is 2.28 bits per heavy atom. The van der Waals surface area contributed by atoms with Crippen molar-refractivity contribution in [1.82, 2.24) is 0 Å². The lowest BCUT2D eigenvalue weighted by atomic mass is 10.1. The van der Waals surface area contributed by atoms with Crippen LogP contribution in [0.15, 0.2) is 23.1 Å². The second-order valence-corrected chi connectivity index (χ2v) is 5.81. The first-order chi connectivity index (χ1) is 8.25. The predicted molar refractivity (Wildman–Crippen MR) is 66.3 cm³/mol. The van der Waals surface area contributed by atoms with Crippen molar-refractivity contribution < 1.29 is 13.2 Å². The highest BCUT2D eigenvalue weighted by Gasteiger charge is 2.31. The van der Waals surface area contributed by atoms with E-state index in [4.69, 9.17) is 5.26 Å². The number of hydrogen-bond acceptors (Lipinski definition) is 2. The van der Waals surface area contributed by atoms with E-state index >= 15 is 0 Å². The minimum atomic E-state index is -4.40. The summed E-state index contributed by atoms with van der Waals surface area (Å²) in [6, 6.07) is 5.15. The lowest BCUT2D eigenvalue weighted by Crippen LogP contribution is -2.07. The molecule has 1 aromatic carbocycles. The number of halogens is 3. The molecule has 1 rings (SSSR count). The van der Waals surface area contributed by atoms with Crippen molar-refractivity contribution in [3.63, 3.8) is 0 Å². The van der Waals surface area contributed by atoms with Crippen LogP contribution in [0.5, 0.6) is 0 Å². The third-order valence-electron chi connectivity index (χ3n) is 2.68. The van der Waals surface area contributed by atoms with Crippen LogP contribution in [0, 0.1) is 17.2 Å². The van der Waals surface area contributed by atoms with E-state index in [1.165, 1.54) is 17.8 Å². The van der Waals surface area contributed by atoms with Gasteiger partial charge in [-0.1, -0.05) is 20.8 Å². The minimum absolute atomic E-state index is 0.0855. The van der Waals surface area contributed by atoms with Crippen LogP contribution in [0.2, 0.25) is 0 Å². The maximum Gasteiger partial charge on any atom is 0.416 e. The van der Waals surface area contributed by atoms with E-state index in [0.29, 0.717) is 10.8 Å². The fourth-order valence-corrected chi connectivity index (χ4v) is 2.28. The molecule has 0 aliphatic carbocycles. The van der Waals surface area contributed by atoms with Crippen LogP contribution in [0.4, 0.5) is 13.2 Å². The summed E-state index contributed by atoms with van der Waals surface area (Å²) in [5.74, 6) is 0.392. The summed E-state index contributed by atoms with van der Waals surface area (Å²) in [6.45, 7) is 6.07. The van der Waals surface area contributed by atoms with Gasteiger partial charge in [0.15, 0.2) is 0 Å². The Kier molecular flexibility index (Phi) is 4.69. The van der Waals surface area contributed by atoms with Gasteiger partial charge in [0, 0.05) is 10.1 Å². The monoisotopic (exact) mass is 273 g/mol. The molecule has 0 radical (unpaired) electrons. The molecule has 0 spiro atoms. The molecule has 0 N–H and O–H groups in total. The van der Waals surface area contributed by atoms with Gasteiger partial charge in [0.1, 0.15) is 6.07 Å². The van der Waals surface area contributed by atoms with Gasteiger partial charge in [-0.3, -0.25) is 0 Å². The molecular formula is C13H14F3NS. The Labute approximate surface area is 109 Å². The molecule has 98 valence electrons. The van der Waals surface area contributed by atoms with Gasteiger partial charge in [-0.25, -0.2) is 0 Å². The third-order valence-corrected chi connectivity index (χ3v) is 4.21. The van der Waals surface area contributed by atoms with Gasteiger partial charge in [-0.05, 0) is 24.1 Å². The predicted octanol–water partition coefficient (Wildman–Crippen LogP) is 4.71. The third kappa shape index (κ3) is 3.67. The average Bonchev–Trinajstić information content (AvgIpc) is 2.27. The van der Waals surface area contributed by atoms with Gasteiger partial charge in [-0.15, -0.1) is 11.8 Å². The molecule has 0 fully saturated rings. The zero-order valence-electron chi connectivity index (χ0n) is 10.4. The van der Waals surface area contributed by atoms with E-state index in [0.717, 1.165) is 12.1 Å². The maximum atomic E-state index is 12.5. The lowest BCUT2D eigenvalue weighted by Gasteiger charge is -2.16. The standard InChI is InChI=1S/C13H14F3NS/c1-8(2)9(3)18-12-5-4-11(13(14,15)16)6-10(12)7-17/h4-6,8-9H,1-3H3. The van der Waals surface area contributed by atoms with E-state index < -0.39 is 11.7 Å². The number of thioether (sulfide) groups is 1. The van der Waals surface area contributed by atoms with Crippen LogP contribution in [0.1, 0.15) is 31.9 Å². The maximum absolute atomic E-state index is 12.5. The Bertz CT molecular complexity index is 460. The highest BCUT2D eigenvalue weighted by atomic mass is 32.2. The Hall–Kier alpha value is -1.15. The molecule has 0 aliphatic rings. The summed E-state index contributed by atoms with van der Waals surface area (Å²) in [7, 11) is 0. The zero-order valence-corrected chi connectivity index (χ0v) is 11.2. The van der Waals surface area contributed by atoms with Crippen LogP contribution >= 0.6 is 11.8 Å². The molecule has 1 atom stereocenters. The first-order valence-corrected chi connectivity index (χ1v) is 6.41. The van der Waals surface area contributed by atoms with Crippen molar-refractivity contribution in [2.75, 3.05) is 0 Å². The van der Waals surface area contributed by atoms with Gasteiger partial charge in [0.2, 0.25) is 0 Å². The lowest BCUT2D eigenvalue weighted by molar-refractivity contribution is -0.137. The molecule has 1 unspecified atom stereocenters. The Balaban J connectivity index is 3.06. The van der Waals surface area contributed by atoms with Gasteiger partial charge >= 0.3 is 6.18 Å². The SMILES string of the molecule is CC(C)C(C)Sc1ccc(C(F)(F)F)cc1C#N. The van der Waals surface area contributed by atoms with Crippen LogP contribution in [0.3, 0.4) is 0 Å². The van der Waals surface area contributed by atoms with E-state index in [2.05, 4.69) is 0 Å². The molecule has 0 saturated carbocycles. The van der Waals surface area contributed by atoms with Gasteiger partial charge in [-0.2, -0.15) is 18.4 Å². The fraction of sp³-hybridized carbons (Fsp3) is 0.462. The first kappa shape index (κ1) is 14.9. The summed E-state index contributed by atoms with van der Waals surface area (Å²) in [4.78, 5) is 0.603. The number of hydrogen-bond donors (Lipinski definition) is 0.